The summed E-state index contributed by atoms with van der Waals surface area (Å²) < 4.78 is 33.4. The van der Waals surface area contributed by atoms with E-state index in [9.17, 15) is 18.3 Å². The van der Waals surface area contributed by atoms with Crippen molar-refractivity contribution in [1.29, 1.82) is 0 Å². The number of aryl methyl sites for hydroxylation is 1. The number of likely N-dealkylation sites (N-methyl/N-ethyl adjacent to an activating group) is 1. The summed E-state index contributed by atoms with van der Waals surface area (Å²) in [6, 6.07) is 9.58. The Morgan fingerprint density at radius 3 is 2.61 bits per heavy atom. The van der Waals surface area contributed by atoms with Crippen LogP contribution in [-0.4, -0.2) is 72.5 Å². The number of pyridine rings is 1. The van der Waals surface area contributed by atoms with Crippen molar-refractivity contribution in [1.82, 2.24) is 14.2 Å². The molecule has 168 valence electrons. The molecule has 3 rings (SSSR count). The van der Waals surface area contributed by atoms with Crippen LogP contribution in [0.4, 0.5) is 0 Å². The highest BCUT2D eigenvalue weighted by atomic mass is 32.2. The van der Waals surface area contributed by atoms with Gasteiger partial charge in [0.1, 0.15) is 11.7 Å². The SMILES string of the molecule is Cc1ccc(S(=O)(=O)N(C)C[C@@H]2Oc3ncccc3C(=O)N([C@H](C)CO)C[C@@H]2C)cc1. The van der Waals surface area contributed by atoms with E-state index in [1.807, 2.05) is 13.8 Å². The van der Waals surface area contributed by atoms with Crippen molar-refractivity contribution in [3.8, 4) is 5.88 Å². The molecule has 0 bridgehead atoms. The molecule has 1 amide bonds. The lowest BCUT2D eigenvalue weighted by Crippen LogP contribution is -2.50. The Morgan fingerprint density at radius 1 is 1.29 bits per heavy atom. The molecule has 0 aliphatic carbocycles. The number of aliphatic hydroxyl groups excluding tert-OH is 1. The van der Waals surface area contributed by atoms with Gasteiger partial charge in [0.25, 0.3) is 5.91 Å². The predicted molar refractivity (Wildman–Crippen MR) is 116 cm³/mol. The molecule has 3 atom stereocenters. The van der Waals surface area contributed by atoms with Crippen LogP contribution in [0.1, 0.15) is 29.8 Å². The highest BCUT2D eigenvalue weighted by molar-refractivity contribution is 7.89. The molecule has 9 heteroatoms. The van der Waals surface area contributed by atoms with Crippen LogP contribution < -0.4 is 4.74 Å². The Kier molecular flexibility index (Phi) is 6.98. The van der Waals surface area contributed by atoms with Gasteiger partial charge in [-0.15, -0.1) is 0 Å². The number of rotatable bonds is 6. The number of hydrogen-bond acceptors (Lipinski definition) is 6. The summed E-state index contributed by atoms with van der Waals surface area (Å²) >= 11 is 0. The second-order valence-corrected chi connectivity index (χ2v) is 10.1. The maximum Gasteiger partial charge on any atom is 0.259 e. The van der Waals surface area contributed by atoms with Crippen molar-refractivity contribution in [3.63, 3.8) is 0 Å². The van der Waals surface area contributed by atoms with E-state index < -0.39 is 22.2 Å². The lowest BCUT2D eigenvalue weighted by molar-refractivity contribution is 0.0373. The molecule has 0 fully saturated rings. The van der Waals surface area contributed by atoms with Gasteiger partial charge in [-0.3, -0.25) is 4.79 Å². The van der Waals surface area contributed by atoms with E-state index in [4.69, 9.17) is 4.74 Å². The molecule has 1 aromatic heterocycles. The van der Waals surface area contributed by atoms with E-state index in [0.29, 0.717) is 12.1 Å². The zero-order chi connectivity index (χ0) is 22.8. The Hall–Kier alpha value is -2.49. The fourth-order valence-corrected chi connectivity index (χ4v) is 4.69. The molecule has 1 aromatic carbocycles. The summed E-state index contributed by atoms with van der Waals surface area (Å²) in [6.07, 6.45) is 0.988. The third kappa shape index (κ3) is 4.89. The van der Waals surface area contributed by atoms with Gasteiger partial charge in [-0.25, -0.2) is 13.4 Å². The van der Waals surface area contributed by atoms with Gasteiger partial charge >= 0.3 is 0 Å². The lowest BCUT2D eigenvalue weighted by Gasteiger charge is -2.37. The first kappa shape index (κ1) is 23.2. The van der Waals surface area contributed by atoms with E-state index in [1.165, 1.54) is 17.5 Å². The van der Waals surface area contributed by atoms with Gasteiger partial charge in [-0.1, -0.05) is 24.6 Å². The molecule has 1 N–H and O–H groups in total. The van der Waals surface area contributed by atoms with Crippen LogP contribution in [0.25, 0.3) is 0 Å². The smallest absolute Gasteiger partial charge is 0.259 e. The summed E-state index contributed by atoms with van der Waals surface area (Å²) in [5.74, 6) is -0.306. The number of fused-ring (bicyclic) bond motifs is 1. The molecule has 31 heavy (non-hydrogen) atoms. The fraction of sp³-hybridized carbons (Fsp3) is 0.455. The minimum atomic E-state index is -3.71. The quantitative estimate of drug-likeness (QED) is 0.726. The van der Waals surface area contributed by atoms with E-state index in [0.717, 1.165) is 5.56 Å². The monoisotopic (exact) mass is 447 g/mol. The summed E-state index contributed by atoms with van der Waals surface area (Å²) in [4.78, 5) is 19.0. The van der Waals surface area contributed by atoms with Crippen LogP contribution in [-0.2, 0) is 10.0 Å². The first-order valence-electron chi connectivity index (χ1n) is 10.2. The average molecular weight is 448 g/mol. The van der Waals surface area contributed by atoms with E-state index in [-0.39, 0.29) is 35.8 Å². The van der Waals surface area contributed by atoms with Crippen molar-refractivity contribution in [2.75, 3.05) is 26.7 Å². The zero-order valence-electron chi connectivity index (χ0n) is 18.2. The van der Waals surface area contributed by atoms with E-state index in [1.54, 1.807) is 48.2 Å². The van der Waals surface area contributed by atoms with Crippen LogP contribution in [0, 0.1) is 12.8 Å². The molecule has 0 unspecified atom stereocenters. The summed E-state index contributed by atoms with van der Waals surface area (Å²) in [7, 11) is -2.19. The lowest BCUT2D eigenvalue weighted by atomic mass is 10.0. The number of ether oxygens (including phenoxy) is 1. The Labute approximate surface area is 183 Å². The molecular weight excluding hydrogens is 418 g/mol. The number of hydrogen-bond donors (Lipinski definition) is 1. The number of amides is 1. The molecule has 8 nitrogen and oxygen atoms in total. The third-order valence-corrected chi connectivity index (χ3v) is 7.44. The predicted octanol–water partition coefficient (Wildman–Crippen LogP) is 1.93. The van der Waals surface area contributed by atoms with Crippen LogP contribution in [0.15, 0.2) is 47.5 Å². The van der Waals surface area contributed by atoms with Gasteiger partial charge in [0.2, 0.25) is 15.9 Å². The molecular formula is C22H29N3O5S. The minimum Gasteiger partial charge on any atom is -0.472 e. The minimum absolute atomic E-state index is 0.0862. The van der Waals surface area contributed by atoms with Gasteiger partial charge in [-0.05, 0) is 38.1 Å². The van der Waals surface area contributed by atoms with Crippen molar-refractivity contribution in [2.45, 2.75) is 37.8 Å². The first-order valence-corrected chi connectivity index (χ1v) is 11.7. The van der Waals surface area contributed by atoms with Gasteiger partial charge in [-0.2, -0.15) is 4.31 Å². The maximum atomic E-state index is 13.1. The second-order valence-electron chi connectivity index (χ2n) is 8.08. The topological polar surface area (TPSA) is 100 Å². The second kappa shape index (κ2) is 9.33. The Morgan fingerprint density at radius 2 is 1.97 bits per heavy atom. The molecule has 1 aliphatic rings. The number of nitrogens with zero attached hydrogens (tertiary/aromatic N) is 3. The number of aromatic nitrogens is 1. The van der Waals surface area contributed by atoms with Crippen molar-refractivity contribution < 1.29 is 23.1 Å². The van der Waals surface area contributed by atoms with Gasteiger partial charge in [0, 0.05) is 25.7 Å². The molecule has 2 aromatic rings. The molecule has 1 aliphatic heterocycles. The molecule has 0 spiro atoms. The molecule has 0 saturated carbocycles. The summed E-state index contributed by atoms with van der Waals surface area (Å²) in [5.41, 5.74) is 1.27. The number of sulfonamides is 1. The Balaban J connectivity index is 1.91. The number of carbonyl (C=O) groups excluding carboxylic acids is 1. The largest absolute Gasteiger partial charge is 0.472 e. The van der Waals surface area contributed by atoms with Crippen molar-refractivity contribution in [3.05, 3.63) is 53.7 Å². The Bertz CT molecular complexity index is 1030. The van der Waals surface area contributed by atoms with Gasteiger partial charge in [0.05, 0.1) is 24.1 Å². The maximum absolute atomic E-state index is 13.1. The standard InChI is InChI=1S/C22H29N3O5S/c1-15-7-9-18(10-8-15)31(28,29)24(4)13-20-16(2)12-25(17(3)14-26)22(27)19-6-5-11-23-21(19)30-20/h5-11,16-17,20,26H,12-14H2,1-4H3/t16-,17+,20-/m0/s1. The van der Waals surface area contributed by atoms with Crippen LogP contribution in [0.2, 0.25) is 0 Å². The van der Waals surface area contributed by atoms with Gasteiger partial charge < -0.3 is 14.7 Å². The summed E-state index contributed by atoms with van der Waals surface area (Å²) in [5, 5.41) is 9.64. The van der Waals surface area contributed by atoms with Crippen LogP contribution in [0.3, 0.4) is 0 Å². The number of aliphatic hydroxyl groups is 1. The third-order valence-electron chi connectivity index (χ3n) is 5.61. The normalized spacial score (nSPS) is 20.6. The molecule has 0 saturated heterocycles. The van der Waals surface area contributed by atoms with Crippen LogP contribution >= 0.6 is 0 Å². The van der Waals surface area contributed by atoms with E-state index in [2.05, 4.69) is 4.98 Å². The summed E-state index contributed by atoms with van der Waals surface area (Å²) in [6.45, 7) is 5.79. The van der Waals surface area contributed by atoms with E-state index >= 15 is 0 Å². The highest BCUT2D eigenvalue weighted by Gasteiger charge is 2.35. The molecule has 0 radical (unpaired) electrons. The zero-order valence-corrected chi connectivity index (χ0v) is 19.0. The van der Waals surface area contributed by atoms with Crippen molar-refractivity contribution in [2.24, 2.45) is 5.92 Å². The number of carbonyl (C=O) groups is 1. The van der Waals surface area contributed by atoms with Gasteiger partial charge in [0.15, 0.2) is 0 Å². The highest BCUT2D eigenvalue weighted by Crippen LogP contribution is 2.27. The number of benzene rings is 1. The van der Waals surface area contributed by atoms with Crippen LogP contribution in [0.5, 0.6) is 5.88 Å². The first-order chi connectivity index (χ1) is 14.6. The fourth-order valence-electron chi connectivity index (χ4n) is 3.51. The molecule has 2 heterocycles. The van der Waals surface area contributed by atoms with Crippen molar-refractivity contribution >= 4 is 15.9 Å². The average Bonchev–Trinajstić information content (AvgIpc) is 2.75.